The van der Waals surface area contributed by atoms with Crippen molar-refractivity contribution in [1.82, 2.24) is 10.2 Å². The van der Waals surface area contributed by atoms with Crippen LogP contribution in [0.15, 0.2) is 60.4 Å². The summed E-state index contributed by atoms with van der Waals surface area (Å²) >= 11 is 11.0. The van der Waals surface area contributed by atoms with Gasteiger partial charge in [0.15, 0.2) is 8.68 Å². The van der Waals surface area contributed by atoms with E-state index in [0.717, 1.165) is 36.7 Å². The molecule has 0 bridgehead atoms. The summed E-state index contributed by atoms with van der Waals surface area (Å²) in [5.74, 6) is 2.24. The number of benzene rings is 2. The Morgan fingerprint density at radius 1 is 1.07 bits per heavy atom. The lowest BCUT2D eigenvalue weighted by Crippen LogP contribution is -2.00. The number of nitrogens with zero attached hydrogens (tertiary/aromatic N) is 2. The Kier molecular flexibility index (Phi) is 6.67. The second kappa shape index (κ2) is 9.43. The van der Waals surface area contributed by atoms with E-state index in [4.69, 9.17) is 20.8 Å². The van der Waals surface area contributed by atoms with Gasteiger partial charge in [-0.15, -0.1) is 10.2 Å². The van der Waals surface area contributed by atoms with Crippen LogP contribution >= 0.6 is 46.5 Å². The van der Waals surface area contributed by atoms with Gasteiger partial charge in [-0.3, -0.25) is 0 Å². The van der Waals surface area contributed by atoms with Crippen LogP contribution in [-0.4, -0.2) is 17.3 Å². The molecule has 4 aromatic rings. The molecule has 0 N–H and O–H groups in total. The fraction of sp³-hybridized carbons (Fsp3) is 0.190. The number of hydrogen-bond acceptors (Lipinski definition) is 8. The average molecular weight is 477 g/mol. The number of ether oxygens (including phenoxy) is 1. The highest BCUT2D eigenvalue weighted by atomic mass is 35.5. The van der Waals surface area contributed by atoms with E-state index in [0.29, 0.717) is 16.4 Å². The van der Waals surface area contributed by atoms with Gasteiger partial charge in [-0.25, -0.2) is 4.79 Å². The van der Waals surface area contributed by atoms with Crippen molar-refractivity contribution in [1.29, 1.82) is 0 Å². The van der Waals surface area contributed by atoms with Crippen LogP contribution in [0.5, 0.6) is 5.75 Å². The van der Waals surface area contributed by atoms with Crippen LogP contribution in [0, 0.1) is 6.92 Å². The minimum absolute atomic E-state index is 0.368. The lowest BCUT2D eigenvalue weighted by molar-refractivity contribution is 0.414. The van der Waals surface area contributed by atoms with E-state index in [-0.39, 0.29) is 5.63 Å². The van der Waals surface area contributed by atoms with Crippen molar-refractivity contribution in [2.45, 2.75) is 27.1 Å². The van der Waals surface area contributed by atoms with Crippen molar-refractivity contribution in [3.63, 3.8) is 0 Å². The van der Waals surface area contributed by atoms with E-state index in [2.05, 4.69) is 10.2 Å². The predicted octanol–water partition coefficient (Wildman–Crippen LogP) is 6.20. The minimum Gasteiger partial charge on any atom is -0.497 e. The van der Waals surface area contributed by atoms with E-state index < -0.39 is 0 Å². The summed E-state index contributed by atoms with van der Waals surface area (Å²) in [4.78, 5) is 11.9. The van der Waals surface area contributed by atoms with Gasteiger partial charge >= 0.3 is 5.63 Å². The molecule has 2 aromatic carbocycles. The molecule has 0 aliphatic rings. The molecule has 0 aliphatic heterocycles. The van der Waals surface area contributed by atoms with Crippen LogP contribution in [0.3, 0.4) is 0 Å². The first-order valence-corrected chi connectivity index (χ1v) is 12.1. The summed E-state index contributed by atoms with van der Waals surface area (Å²) in [6, 6.07) is 13.1. The molecule has 30 heavy (non-hydrogen) atoms. The van der Waals surface area contributed by atoms with Crippen molar-refractivity contribution < 1.29 is 9.15 Å². The highest BCUT2D eigenvalue weighted by Crippen LogP contribution is 2.34. The van der Waals surface area contributed by atoms with Gasteiger partial charge in [0.2, 0.25) is 0 Å². The van der Waals surface area contributed by atoms with Gasteiger partial charge in [-0.2, -0.15) is 0 Å². The first kappa shape index (κ1) is 21.2. The minimum atomic E-state index is -0.368. The first-order valence-electron chi connectivity index (χ1n) is 8.97. The molecule has 4 rings (SSSR count). The number of hydrogen-bond donors (Lipinski definition) is 0. The molecule has 0 radical (unpaired) electrons. The molecular formula is C21H17ClN2O3S3. The Balaban J connectivity index is 1.43. The van der Waals surface area contributed by atoms with Crippen molar-refractivity contribution in [3.05, 3.63) is 74.6 Å². The van der Waals surface area contributed by atoms with Crippen molar-refractivity contribution in [2.24, 2.45) is 0 Å². The molecule has 0 spiro atoms. The summed E-state index contributed by atoms with van der Waals surface area (Å²) in [7, 11) is 1.66. The standard InChI is InChI=1S/C21H17ClN2O3S3/c1-12-7-18-16(9-17(12)22)14(8-19(25)27-18)11-29-21-24-23-20(30-21)28-10-13-3-5-15(26-2)6-4-13/h3-9H,10-11H2,1-2H3. The van der Waals surface area contributed by atoms with E-state index in [9.17, 15) is 4.79 Å². The Bertz CT molecular complexity index is 1240. The smallest absolute Gasteiger partial charge is 0.336 e. The zero-order valence-electron chi connectivity index (χ0n) is 16.2. The van der Waals surface area contributed by atoms with Gasteiger partial charge in [-0.1, -0.05) is 58.6 Å². The van der Waals surface area contributed by atoms with Crippen molar-refractivity contribution in [3.8, 4) is 5.75 Å². The van der Waals surface area contributed by atoms with Gasteiger partial charge in [0, 0.05) is 28.0 Å². The predicted molar refractivity (Wildman–Crippen MR) is 124 cm³/mol. The third-order valence-corrected chi connectivity index (χ3v) is 8.09. The van der Waals surface area contributed by atoms with E-state index in [1.165, 1.54) is 11.6 Å². The summed E-state index contributed by atoms with van der Waals surface area (Å²) in [5, 5.41) is 10.0. The molecule has 0 amide bonds. The van der Waals surface area contributed by atoms with Crippen LogP contribution in [-0.2, 0) is 11.5 Å². The number of aryl methyl sites for hydroxylation is 1. The highest BCUT2D eigenvalue weighted by Gasteiger charge is 2.11. The first-order chi connectivity index (χ1) is 14.5. The van der Waals surface area contributed by atoms with Crippen LogP contribution in [0.2, 0.25) is 5.02 Å². The van der Waals surface area contributed by atoms with Crippen LogP contribution < -0.4 is 10.4 Å². The van der Waals surface area contributed by atoms with Crippen LogP contribution in [0.25, 0.3) is 11.0 Å². The molecule has 0 saturated carbocycles. The summed E-state index contributed by atoms with van der Waals surface area (Å²) in [6.07, 6.45) is 0. The maximum absolute atomic E-state index is 11.9. The average Bonchev–Trinajstić information content (AvgIpc) is 3.20. The Morgan fingerprint density at radius 3 is 2.47 bits per heavy atom. The molecule has 5 nitrogen and oxygen atoms in total. The van der Waals surface area contributed by atoms with Gasteiger partial charge in [0.25, 0.3) is 0 Å². The Hall–Kier alpha value is -2.00. The summed E-state index contributed by atoms with van der Waals surface area (Å²) < 4.78 is 12.3. The van der Waals surface area contributed by atoms with Gasteiger partial charge in [-0.05, 0) is 47.9 Å². The quantitative estimate of drug-likeness (QED) is 0.232. The van der Waals surface area contributed by atoms with Gasteiger partial charge < -0.3 is 9.15 Å². The normalized spacial score (nSPS) is 11.2. The number of aromatic nitrogens is 2. The maximum Gasteiger partial charge on any atom is 0.336 e. The topological polar surface area (TPSA) is 65.2 Å². The van der Waals surface area contributed by atoms with E-state index >= 15 is 0 Å². The lowest BCUT2D eigenvalue weighted by atomic mass is 10.1. The SMILES string of the molecule is COc1ccc(CSc2nnc(SCc3cc(=O)oc4cc(C)c(Cl)cc34)s2)cc1. The molecule has 2 aromatic heterocycles. The monoisotopic (exact) mass is 476 g/mol. The second-order valence-electron chi connectivity index (χ2n) is 6.45. The molecule has 0 fully saturated rings. The summed E-state index contributed by atoms with van der Waals surface area (Å²) in [5.41, 5.74) is 3.12. The molecule has 2 heterocycles. The largest absolute Gasteiger partial charge is 0.497 e. The van der Waals surface area contributed by atoms with E-state index in [1.807, 2.05) is 37.3 Å². The second-order valence-corrected chi connectivity index (χ2v) is 10.3. The number of methoxy groups -OCH3 is 1. The Morgan fingerprint density at radius 2 is 1.77 bits per heavy atom. The number of halogens is 1. The molecule has 0 atom stereocenters. The number of rotatable bonds is 7. The number of thioether (sulfide) groups is 2. The van der Waals surface area contributed by atoms with Crippen molar-refractivity contribution in [2.75, 3.05) is 7.11 Å². The molecule has 154 valence electrons. The van der Waals surface area contributed by atoms with Gasteiger partial charge in [0.05, 0.1) is 7.11 Å². The molecule has 0 aliphatic carbocycles. The third-order valence-electron chi connectivity index (χ3n) is 4.37. The number of fused-ring (bicyclic) bond motifs is 1. The fourth-order valence-corrected chi connectivity index (χ4v) is 5.92. The molecule has 9 heteroatoms. The highest BCUT2D eigenvalue weighted by molar-refractivity contribution is 8.02. The van der Waals surface area contributed by atoms with Crippen LogP contribution in [0.1, 0.15) is 16.7 Å². The van der Waals surface area contributed by atoms with Crippen molar-refractivity contribution >= 4 is 57.4 Å². The zero-order valence-corrected chi connectivity index (χ0v) is 19.4. The zero-order chi connectivity index (χ0) is 21.1. The maximum atomic E-state index is 11.9. The molecule has 0 saturated heterocycles. The fourth-order valence-electron chi connectivity index (χ4n) is 2.79. The molecular weight excluding hydrogens is 460 g/mol. The van der Waals surface area contributed by atoms with Crippen LogP contribution in [0.4, 0.5) is 0 Å². The van der Waals surface area contributed by atoms with Gasteiger partial charge in [0.1, 0.15) is 11.3 Å². The van der Waals surface area contributed by atoms with E-state index in [1.54, 1.807) is 48.0 Å². The molecule has 0 unspecified atom stereocenters. The lowest BCUT2D eigenvalue weighted by Gasteiger charge is -2.06. The summed E-state index contributed by atoms with van der Waals surface area (Å²) in [6.45, 7) is 1.88. The Labute approximate surface area is 190 Å². The third kappa shape index (κ3) is 5.00.